The van der Waals surface area contributed by atoms with Crippen LogP contribution in [0.2, 0.25) is 0 Å². The predicted molar refractivity (Wildman–Crippen MR) is 127 cm³/mol. The molecule has 9 heteroatoms. The molecule has 31 heavy (non-hydrogen) atoms. The van der Waals surface area contributed by atoms with E-state index in [1.165, 1.54) is 11.3 Å². The minimum atomic E-state index is -0.630. The molecule has 1 atom stereocenters. The molecule has 0 radical (unpaired) electrons. The number of carbonyl (C=O) groups is 2. The van der Waals surface area contributed by atoms with Crippen LogP contribution in [0.4, 0.5) is 4.79 Å². The zero-order chi connectivity index (χ0) is 22.7. The molecule has 2 N–H and O–H groups in total. The fraction of sp³-hybridized carbons (Fsp3) is 0.364. The van der Waals surface area contributed by atoms with Gasteiger partial charge in [0.15, 0.2) is 5.16 Å². The zero-order valence-corrected chi connectivity index (χ0v) is 19.9. The van der Waals surface area contributed by atoms with Gasteiger partial charge in [-0.25, -0.2) is 9.78 Å². The second-order valence-corrected chi connectivity index (χ2v) is 9.66. The molecule has 0 saturated carbocycles. The molecule has 3 aromatic rings. The number of nitrogens with one attached hydrogen (secondary N) is 2. The van der Waals surface area contributed by atoms with E-state index < -0.39 is 17.2 Å². The van der Waals surface area contributed by atoms with E-state index in [1.807, 2.05) is 45.0 Å². The van der Waals surface area contributed by atoms with Crippen molar-refractivity contribution < 1.29 is 9.59 Å². The molecule has 2 heterocycles. The Morgan fingerprint density at radius 1 is 1.26 bits per heavy atom. The third-order valence-corrected chi connectivity index (χ3v) is 6.93. The van der Waals surface area contributed by atoms with Crippen LogP contribution < -0.4 is 16.2 Å². The van der Waals surface area contributed by atoms with E-state index in [-0.39, 0.29) is 5.56 Å². The molecule has 3 amide bonds. The lowest BCUT2D eigenvalue weighted by Crippen LogP contribution is -2.42. The van der Waals surface area contributed by atoms with Crippen molar-refractivity contribution in [1.82, 2.24) is 20.2 Å². The topological polar surface area (TPSA) is 93.1 Å². The van der Waals surface area contributed by atoms with Gasteiger partial charge in [0, 0.05) is 11.4 Å². The van der Waals surface area contributed by atoms with Crippen LogP contribution in [0.25, 0.3) is 15.9 Å². The average Bonchev–Trinajstić information content (AvgIpc) is 3.03. The number of nitrogens with zero attached hydrogens (tertiary/aromatic N) is 2. The van der Waals surface area contributed by atoms with Gasteiger partial charge in [0.05, 0.1) is 16.3 Å². The summed E-state index contributed by atoms with van der Waals surface area (Å²) in [7, 11) is 0. The first-order valence-electron chi connectivity index (χ1n) is 10.1. The summed E-state index contributed by atoms with van der Waals surface area (Å²) >= 11 is 2.65. The molecular weight excluding hydrogens is 432 g/mol. The molecule has 0 saturated heterocycles. The molecule has 0 aliphatic rings. The van der Waals surface area contributed by atoms with Crippen LogP contribution in [-0.4, -0.2) is 33.3 Å². The minimum Gasteiger partial charge on any atom is -0.338 e. The molecule has 7 nitrogen and oxygen atoms in total. The Balaban J connectivity index is 2.11. The highest BCUT2D eigenvalue weighted by molar-refractivity contribution is 8.00. The zero-order valence-electron chi connectivity index (χ0n) is 18.2. The highest BCUT2D eigenvalue weighted by Gasteiger charge is 2.23. The van der Waals surface area contributed by atoms with Crippen molar-refractivity contribution in [2.24, 2.45) is 0 Å². The van der Waals surface area contributed by atoms with Gasteiger partial charge in [-0.15, -0.1) is 11.3 Å². The summed E-state index contributed by atoms with van der Waals surface area (Å²) in [5.74, 6) is -0.447. The lowest BCUT2D eigenvalue weighted by atomic mass is 10.1. The van der Waals surface area contributed by atoms with E-state index in [4.69, 9.17) is 4.98 Å². The van der Waals surface area contributed by atoms with Crippen molar-refractivity contribution >= 4 is 45.3 Å². The SMILES string of the molecule is CCNC(=O)NC(=O)[C@@H](C)Sc1nc2sc(C)c(CC)c2c(=O)n1-c1cccc(C)c1. The standard InChI is InChI=1S/C22H26N4O3S2/c1-6-16-13(4)30-19-17(16)20(28)26(15-10-8-9-12(3)11-15)22(25-19)31-14(5)18(27)24-21(29)23-7-2/h8-11,14H,6-7H2,1-5H3,(H2,23,24,27,29)/t14-/m1/s1. The number of aromatic nitrogens is 2. The maximum absolute atomic E-state index is 13.6. The van der Waals surface area contributed by atoms with Gasteiger partial charge in [0.2, 0.25) is 5.91 Å². The molecule has 2 aromatic heterocycles. The van der Waals surface area contributed by atoms with Gasteiger partial charge in [-0.3, -0.25) is 19.5 Å². The first-order chi connectivity index (χ1) is 14.8. The highest BCUT2D eigenvalue weighted by atomic mass is 32.2. The maximum Gasteiger partial charge on any atom is 0.321 e. The quantitative estimate of drug-likeness (QED) is 0.431. The van der Waals surface area contributed by atoms with Gasteiger partial charge >= 0.3 is 6.03 Å². The molecule has 0 spiro atoms. The van der Waals surface area contributed by atoms with E-state index in [0.29, 0.717) is 27.6 Å². The van der Waals surface area contributed by atoms with Crippen LogP contribution >= 0.6 is 23.1 Å². The Morgan fingerprint density at radius 3 is 2.65 bits per heavy atom. The number of imide groups is 1. The number of urea groups is 1. The van der Waals surface area contributed by atoms with E-state index in [1.54, 1.807) is 18.4 Å². The molecule has 164 valence electrons. The number of hydrogen-bond acceptors (Lipinski definition) is 6. The third-order valence-electron chi connectivity index (χ3n) is 4.83. The Kier molecular flexibility index (Phi) is 7.17. The number of thiophene rings is 1. The number of rotatable bonds is 6. The summed E-state index contributed by atoms with van der Waals surface area (Å²) < 4.78 is 1.57. The van der Waals surface area contributed by atoms with Crippen molar-refractivity contribution in [2.75, 3.05) is 6.54 Å². The molecule has 1 aromatic carbocycles. The molecule has 0 bridgehead atoms. The normalized spacial score (nSPS) is 12.0. The number of carbonyl (C=O) groups excluding carboxylic acids is 2. The summed E-state index contributed by atoms with van der Waals surface area (Å²) in [5.41, 5.74) is 2.58. The van der Waals surface area contributed by atoms with Crippen molar-refractivity contribution in [2.45, 2.75) is 51.4 Å². The summed E-state index contributed by atoms with van der Waals surface area (Å²) in [6.45, 7) is 9.87. The monoisotopic (exact) mass is 458 g/mol. The number of fused-ring (bicyclic) bond motifs is 1. The second kappa shape index (κ2) is 9.65. The highest BCUT2D eigenvalue weighted by Crippen LogP contribution is 2.31. The van der Waals surface area contributed by atoms with Crippen molar-refractivity contribution in [1.29, 1.82) is 0 Å². The lowest BCUT2D eigenvalue weighted by molar-refractivity contribution is -0.119. The summed E-state index contributed by atoms with van der Waals surface area (Å²) in [6, 6.07) is 7.09. The second-order valence-electron chi connectivity index (χ2n) is 7.15. The first kappa shape index (κ1) is 23.0. The lowest BCUT2D eigenvalue weighted by Gasteiger charge is -2.16. The fourth-order valence-electron chi connectivity index (χ4n) is 3.33. The number of hydrogen-bond donors (Lipinski definition) is 2. The van der Waals surface area contributed by atoms with Crippen molar-refractivity contribution in [3.8, 4) is 5.69 Å². The van der Waals surface area contributed by atoms with Crippen LogP contribution in [-0.2, 0) is 11.2 Å². The molecular formula is C22H26N4O3S2. The summed E-state index contributed by atoms with van der Waals surface area (Å²) in [6.07, 6.45) is 0.744. The van der Waals surface area contributed by atoms with Crippen LogP contribution in [0.15, 0.2) is 34.2 Å². The van der Waals surface area contributed by atoms with Gasteiger partial charge in [0.25, 0.3) is 5.56 Å². The first-order valence-corrected chi connectivity index (χ1v) is 11.8. The van der Waals surface area contributed by atoms with Crippen LogP contribution in [0.3, 0.4) is 0 Å². The minimum absolute atomic E-state index is 0.143. The fourth-order valence-corrected chi connectivity index (χ4v) is 5.41. The molecule has 0 aliphatic carbocycles. The van der Waals surface area contributed by atoms with Gasteiger partial charge in [-0.05, 0) is 57.4 Å². The van der Waals surface area contributed by atoms with E-state index in [0.717, 1.165) is 34.2 Å². The predicted octanol–water partition coefficient (Wildman–Crippen LogP) is 3.95. The maximum atomic E-state index is 13.6. The van der Waals surface area contributed by atoms with Crippen LogP contribution in [0.5, 0.6) is 0 Å². The van der Waals surface area contributed by atoms with Crippen LogP contribution in [0.1, 0.15) is 36.8 Å². The average molecular weight is 459 g/mol. The number of thioether (sulfide) groups is 1. The van der Waals surface area contributed by atoms with Crippen LogP contribution in [0, 0.1) is 13.8 Å². The van der Waals surface area contributed by atoms with Gasteiger partial charge in [0.1, 0.15) is 4.83 Å². The number of benzene rings is 1. The van der Waals surface area contributed by atoms with E-state index in [2.05, 4.69) is 10.6 Å². The molecule has 0 aliphatic heterocycles. The summed E-state index contributed by atoms with van der Waals surface area (Å²) in [5, 5.41) is 5.29. The summed E-state index contributed by atoms with van der Waals surface area (Å²) in [4.78, 5) is 44.3. The van der Waals surface area contributed by atoms with Gasteiger partial charge in [-0.1, -0.05) is 30.8 Å². The largest absolute Gasteiger partial charge is 0.338 e. The van der Waals surface area contributed by atoms with E-state index in [9.17, 15) is 14.4 Å². The van der Waals surface area contributed by atoms with E-state index >= 15 is 0 Å². The third kappa shape index (κ3) is 4.83. The number of aryl methyl sites for hydroxylation is 3. The Labute approximate surface area is 189 Å². The van der Waals surface area contributed by atoms with Crippen molar-refractivity contribution in [3.05, 3.63) is 50.6 Å². The van der Waals surface area contributed by atoms with Gasteiger partial charge < -0.3 is 5.32 Å². The Morgan fingerprint density at radius 2 is 2.00 bits per heavy atom. The molecule has 3 rings (SSSR count). The number of amides is 3. The smallest absolute Gasteiger partial charge is 0.321 e. The molecule has 0 unspecified atom stereocenters. The van der Waals surface area contributed by atoms with Gasteiger partial charge in [-0.2, -0.15) is 0 Å². The van der Waals surface area contributed by atoms with Crippen molar-refractivity contribution in [3.63, 3.8) is 0 Å². The molecule has 0 fully saturated rings. The Hall–Kier alpha value is -2.65. The Bertz CT molecular complexity index is 1200.